The molecule has 0 amide bonds. The fourth-order valence-electron chi connectivity index (χ4n) is 2.82. The first-order valence-electron chi connectivity index (χ1n) is 8.67. The number of anilines is 1. The van der Waals surface area contributed by atoms with E-state index in [2.05, 4.69) is 47.1 Å². The van der Waals surface area contributed by atoms with E-state index in [1.54, 1.807) is 0 Å². The van der Waals surface area contributed by atoms with Crippen molar-refractivity contribution in [2.45, 2.75) is 20.3 Å². The Hall–Kier alpha value is -3.24. The van der Waals surface area contributed by atoms with Crippen LogP contribution in [0, 0.1) is 22.7 Å². The van der Waals surface area contributed by atoms with E-state index in [0.29, 0.717) is 5.57 Å². The molecule has 0 atom stereocenters. The second kappa shape index (κ2) is 8.74. The minimum Gasteiger partial charge on any atom is -0.378 e. The van der Waals surface area contributed by atoms with Gasteiger partial charge in [-0.05, 0) is 49.3 Å². The Morgan fingerprint density at radius 3 is 2.27 bits per heavy atom. The van der Waals surface area contributed by atoms with Gasteiger partial charge in [0.1, 0.15) is 17.7 Å². The zero-order chi connectivity index (χ0) is 19.1. The molecular weight excluding hydrogens is 320 g/mol. The highest BCUT2D eigenvalue weighted by Crippen LogP contribution is 2.26. The van der Waals surface area contributed by atoms with Gasteiger partial charge in [0.25, 0.3) is 0 Å². The molecular formula is C22H24N4. The maximum atomic E-state index is 9.17. The molecule has 0 unspecified atom stereocenters. The van der Waals surface area contributed by atoms with Crippen molar-refractivity contribution in [2.24, 2.45) is 0 Å². The summed E-state index contributed by atoms with van der Waals surface area (Å²) in [7, 11) is 4.04. The van der Waals surface area contributed by atoms with Gasteiger partial charge < -0.3 is 9.80 Å². The smallest absolute Gasteiger partial charge is 0.137 e. The number of hydrogen-bond acceptors (Lipinski definition) is 4. The van der Waals surface area contributed by atoms with Crippen LogP contribution in [0.3, 0.4) is 0 Å². The molecule has 1 aromatic rings. The molecule has 2 rings (SSSR count). The van der Waals surface area contributed by atoms with Crippen molar-refractivity contribution < 1.29 is 0 Å². The summed E-state index contributed by atoms with van der Waals surface area (Å²) in [5, 5.41) is 18.3. The molecule has 0 saturated carbocycles. The summed E-state index contributed by atoms with van der Waals surface area (Å²) in [5.41, 5.74) is 5.09. The molecule has 4 nitrogen and oxygen atoms in total. The standard InChI is InChI=1S/C22H24N4/c1-5-12-26-17(2)13-19(20(15-23)16-24)14-22(26)11-8-18-6-9-21(10-7-18)25(3)4/h6-11,13-14H,5,12H2,1-4H3/b11-8+. The van der Waals surface area contributed by atoms with Crippen molar-refractivity contribution in [1.82, 2.24) is 4.90 Å². The summed E-state index contributed by atoms with van der Waals surface area (Å²) in [6.45, 7) is 5.03. The summed E-state index contributed by atoms with van der Waals surface area (Å²) in [6, 6.07) is 12.3. The first-order valence-corrected chi connectivity index (χ1v) is 8.67. The van der Waals surface area contributed by atoms with E-state index in [1.807, 2.05) is 51.4 Å². The second-order valence-electron chi connectivity index (χ2n) is 6.38. The van der Waals surface area contributed by atoms with Gasteiger partial charge in [-0.15, -0.1) is 0 Å². The lowest BCUT2D eigenvalue weighted by Gasteiger charge is -2.29. The first kappa shape index (κ1) is 19.1. The molecule has 0 fully saturated rings. The zero-order valence-corrected chi connectivity index (χ0v) is 15.8. The monoisotopic (exact) mass is 344 g/mol. The van der Waals surface area contributed by atoms with Gasteiger partial charge in [-0.3, -0.25) is 0 Å². The van der Waals surface area contributed by atoms with Crippen molar-refractivity contribution in [3.8, 4) is 12.1 Å². The lowest BCUT2D eigenvalue weighted by atomic mass is 10.0. The number of allylic oxidation sites excluding steroid dienone is 6. The SMILES string of the molecule is CCCN1C(C)=CC(=C(C#N)C#N)C=C1/C=C/c1ccc(N(C)C)cc1. The number of rotatable bonds is 5. The van der Waals surface area contributed by atoms with Crippen LogP contribution < -0.4 is 4.90 Å². The Balaban J connectivity index is 2.37. The van der Waals surface area contributed by atoms with Crippen molar-refractivity contribution in [1.29, 1.82) is 10.5 Å². The van der Waals surface area contributed by atoms with Crippen molar-refractivity contribution in [3.05, 3.63) is 70.6 Å². The third kappa shape index (κ3) is 4.43. The first-order chi connectivity index (χ1) is 12.5. The molecule has 0 spiro atoms. The summed E-state index contributed by atoms with van der Waals surface area (Å²) >= 11 is 0. The Labute approximate surface area is 156 Å². The highest BCUT2D eigenvalue weighted by Gasteiger charge is 2.16. The summed E-state index contributed by atoms with van der Waals surface area (Å²) in [4.78, 5) is 4.28. The molecule has 4 heteroatoms. The van der Waals surface area contributed by atoms with E-state index >= 15 is 0 Å². The van der Waals surface area contributed by atoms with Gasteiger partial charge in [0, 0.05) is 43.3 Å². The lowest BCUT2D eigenvalue weighted by Crippen LogP contribution is -2.23. The Morgan fingerprint density at radius 1 is 1.08 bits per heavy atom. The van der Waals surface area contributed by atoms with Gasteiger partial charge in [-0.25, -0.2) is 0 Å². The molecule has 0 N–H and O–H groups in total. The molecule has 26 heavy (non-hydrogen) atoms. The number of nitriles is 2. The molecule has 0 radical (unpaired) electrons. The van der Waals surface area contributed by atoms with Crippen LogP contribution in [0.4, 0.5) is 5.69 Å². The zero-order valence-electron chi connectivity index (χ0n) is 15.8. The van der Waals surface area contributed by atoms with Crippen LogP contribution in [0.2, 0.25) is 0 Å². The fraction of sp³-hybridized carbons (Fsp3) is 0.273. The molecule has 1 aliphatic heterocycles. The topological polar surface area (TPSA) is 54.1 Å². The second-order valence-corrected chi connectivity index (χ2v) is 6.38. The maximum absolute atomic E-state index is 9.17. The molecule has 0 saturated heterocycles. The minimum absolute atomic E-state index is 0.140. The Bertz CT molecular complexity index is 837. The van der Waals surface area contributed by atoms with Crippen molar-refractivity contribution >= 4 is 11.8 Å². The highest BCUT2D eigenvalue weighted by molar-refractivity contribution is 5.60. The van der Waals surface area contributed by atoms with Gasteiger partial charge in [0.05, 0.1) is 0 Å². The van der Waals surface area contributed by atoms with Crippen molar-refractivity contribution in [2.75, 3.05) is 25.5 Å². The van der Waals surface area contributed by atoms with Crippen LogP contribution >= 0.6 is 0 Å². The normalized spacial score (nSPS) is 13.8. The summed E-state index contributed by atoms with van der Waals surface area (Å²) in [5.74, 6) is 0. The van der Waals surface area contributed by atoms with E-state index in [1.165, 1.54) is 0 Å². The highest BCUT2D eigenvalue weighted by atomic mass is 15.1. The predicted octanol–water partition coefficient (Wildman–Crippen LogP) is 4.62. The number of nitrogens with zero attached hydrogens (tertiary/aromatic N) is 4. The van der Waals surface area contributed by atoms with Crippen molar-refractivity contribution in [3.63, 3.8) is 0 Å². The predicted molar refractivity (Wildman–Crippen MR) is 107 cm³/mol. The third-order valence-corrected chi connectivity index (χ3v) is 4.22. The van der Waals surface area contributed by atoms with Gasteiger partial charge in [0.15, 0.2) is 0 Å². The van der Waals surface area contributed by atoms with E-state index in [0.717, 1.165) is 35.6 Å². The van der Waals surface area contributed by atoms with Gasteiger partial charge >= 0.3 is 0 Å². The summed E-state index contributed by atoms with van der Waals surface area (Å²) < 4.78 is 0. The van der Waals surface area contributed by atoms with Crippen LogP contribution in [0.5, 0.6) is 0 Å². The largest absolute Gasteiger partial charge is 0.378 e. The number of hydrogen-bond donors (Lipinski definition) is 0. The van der Waals surface area contributed by atoms with Gasteiger partial charge in [-0.1, -0.05) is 25.1 Å². The summed E-state index contributed by atoms with van der Waals surface area (Å²) in [6.07, 6.45) is 8.93. The van der Waals surface area contributed by atoms with Crippen LogP contribution in [-0.2, 0) is 0 Å². The van der Waals surface area contributed by atoms with E-state index < -0.39 is 0 Å². The molecule has 1 heterocycles. The molecule has 0 aliphatic carbocycles. The quantitative estimate of drug-likeness (QED) is 0.731. The van der Waals surface area contributed by atoms with Crippen LogP contribution in [-0.4, -0.2) is 25.5 Å². The molecule has 0 aromatic heterocycles. The van der Waals surface area contributed by atoms with Crippen LogP contribution in [0.1, 0.15) is 25.8 Å². The third-order valence-electron chi connectivity index (χ3n) is 4.22. The maximum Gasteiger partial charge on any atom is 0.137 e. The van der Waals surface area contributed by atoms with Crippen LogP contribution in [0.15, 0.2) is 65.0 Å². The fourth-order valence-corrected chi connectivity index (χ4v) is 2.82. The Morgan fingerprint density at radius 2 is 1.73 bits per heavy atom. The average Bonchev–Trinajstić information content (AvgIpc) is 2.63. The number of benzene rings is 1. The van der Waals surface area contributed by atoms with Gasteiger partial charge in [-0.2, -0.15) is 10.5 Å². The molecule has 0 bridgehead atoms. The Kier molecular flexibility index (Phi) is 6.42. The lowest BCUT2D eigenvalue weighted by molar-refractivity contribution is 0.434. The van der Waals surface area contributed by atoms with E-state index in [-0.39, 0.29) is 5.57 Å². The molecule has 132 valence electrons. The van der Waals surface area contributed by atoms with E-state index in [4.69, 9.17) is 0 Å². The molecule has 1 aliphatic rings. The molecule has 1 aromatic carbocycles. The average molecular weight is 344 g/mol. The van der Waals surface area contributed by atoms with E-state index in [9.17, 15) is 10.5 Å². The van der Waals surface area contributed by atoms with Crippen LogP contribution in [0.25, 0.3) is 6.08 Å². The minimum atomic E-state index is 0.140. The van der Waals surface area contributed by atoms with Gasteiger partial charge in [0.2, 0.25) is 0 Å².